The first kappa shape index (κ1) is 19.9. The number of imide groups is 1. The smallest absolute Gasteiger partial charge is 0.332 e. The number of benzene rings is 1. The first-order valence-corrected chi connectivity index (χ1v) is 8.80. The summed E-state index contributed by atoms with van der Waals surface area (Å²) >= 11 is 0. The molecule has 0 saturated carbocycles. The molecule has 142 valence electrons. The lowest BCUT2D eigenvalue weighted by Gasteiger charge is -2.31. The van der Waals surface area contributed by atoms with Crippen LogP contribution in [-0.4, -0.2) is 35.0 Å². The van der Waals surface area contributed by atoms with Crippen molar-refractivity contribution in [2.24, 2.45) is 0 Å². The van der Waals surface area contributed by atoms with Gasteiger partial charge >= 0.3 is 12.0 Å². The highest BCUT2D eigenvalue weighted by Crippen LogP contribution is 2.34. The number of nitrogens with zero attached hydrogens (tertiary/aromatic N) is 1. The number of hydrogen-bond donors (Lipinski definition) is 1. The molecule has 1 aliphatic rings. The van der Waals surface area contributed by atoms with Crippen LogP contribution in [0.15, 0.2) is 24.3 Å². The van der Waals surface area contributed by atoms with E-state index in [0.29, 0.717) is 5.56 Å². The van der Waals surface area contributed by atoms with E-state index in [0.717, 1.165) is 10.5 Å². The van der Waals surface area contributed by atoms with Crippen LogP contribution < -0.4 is 5.32 Å². The number of esters is 1. The maximum atomic E-state index is 13.1. The van der Waals surface area contributed by atoms with Crippen LogP contribution in [-0.2, 0) is 25.3 Å². The van der Waals surface area contributed by atoms with Crippen LogP contribution in [0.3, 0.4) is 0 Å². The van der Waals surface area contributed by atoms with E-state index in [2.05, 4.69) is 26.1 Å². The minimum atomic E-state index is -1.39. The number of amides is 3. The molecule has 1 atom stereocenters. The standard InChI is InChI=1S/C20H28N2O4/c1-8-26-16(24)19(5,6)22-15(23)20(7,21-17(22)25)14-11-9-13(10-12-14)18(2,3)4/h9-12H,8H2,1-7H3,(H,21,25). The SMILES string of the molecule is CCOC(=O)C(C)(C)N1C(=O)NC(C)(c2ccc(C(C)(C)C)cc2)C1=O. The van der Waals surface area contributed by atoms with E-state index in [9.17, 15) is 14.4 Å². The number of urea groups is 1. The Balaban J connectivity index is 2.39. The molecule has 2 rings (SSSR count). The van der Waals surface area contributed by atoms with Crippen molar-refractivity contribution < 1.29 is 19.1 Å². The lowest BCUT2D eigenvalue weighted by atomic mass is 9.84. The third kappa shape index (κ3) is 3.20. The van der Waals surface area contributed by atoms with Crippen LogP contribution >= 0.6 is 0 Å². The van der Waals surface area contributed by atoms with Gasteiger partial charge in [-0.15, -0.1) is 0 Å². The number of ether oxygens (including phenoxy) is 1. The fourth-order valence-corrected chi connectivity index (χ4v) is 3.04. The molecule has 0 radical (unpaired) electrons. The van der Waals surface area contributed by atoms with Crippen molar-refractivity contribution in [3.63, 3.8) is 0 Å². The Bertz CT molecular complexity index is 731. The normalized spacial score (nSPS) is 21.0. The lowest BCUT2D eigenvalue weighted by molar-refractivity contribution is -0.158. The molecule has 3 amide bonds. The summed E-state index contributed by atoms with van der Waals surface area (Å²) in [5, 5.41) is 2.74. The van der Waals surface area contributed by atoms with Gasteiger partial charge in [-0.25, -0.2) is 14.5 Å². The van der Waals surface area contributed by atoms with Crippen molar-refractivity contribution in [1.29, 1.82) is 0 Å². The van der Waals surface area contributed by atoms with Gasteiger partial charge in [0.1, 0.15) is 11.1 Å². The first-order chi connectivity index (χ1) is 11.9. The van der Waals surface area contributed by atoms with Crippen molar-refractivity contribution in [2.75, 3.05) is 6.61 Å². The van der Waals surface area contributed by atoms with Gasteiger partial charge in [-0.2, -0.15) is 0 Å². The Hall–Kier alpha value is -2.37. The molecule has 1 heterocycles. The molecule has 26 heavy (non-hydrogen) atoms. The summed E-state index contributed by atoms with van der Waals surface area (Å²) in [5.41, 5.74) is -0.825. The molecule has 0 bridgehead atoms. The number of rotatable bonds is 4. The van der Waals surface area contributed by atoms with E-state index in [1.54, 1.807) is 13.8 Å². The molecule has 0 aliphatic carbocycles. The Morgan fingerprint density at radius 1 is 1.12 bits per heavy atom. The van der Waals surface area contributed by atoms with Gasteiger partial charge in [-0.3, -0.25) is 4.79 Å². The zero-order valence-corrected chi connectivity index (χ0v) is 16.6. The molecule has 1 aromatic rings. The highest BCUT2D eigenvalue weighted by molar-refractivity contribution is 6.10. The molecule has 1 aliphatic heterocycles. The molecule has 6 heteroatoms. The summed E-state index contributed by atoms with van der Waals surface area (Å²) in [4.78, 5) is 38.9. The first-order valence-electron chi connectivity index (χ1n) is 8.80. The van der Waals surface area contributed by atoms with Gasteiger partial charge in [0.2, 0.25) is 0 Å². The van der Waals surface area contributed by atoms with Gasteiger partial charge < -0.3 is 10.1 Å². The zero-order valence-electron chi connectivity index (χ0n) is 16.6. The van der Waals surface area contributed by atoms with Crippen molar-refractivity contribution in [3.05, 3.63) is 35.4 Å². The second-order valence-corrected chi connectivity index (χ2v) is 8.30. The predicted molar refractivity (Wildman–Crippen MR) is 98.6 cm³/mol. The fourth-order valence-electron chi connectivity index (χ4n) is 3.04. The highest BCUT2D eigenvalue weighted by Gasteiger charge is 2.56. The van der Waals surface area contributed by atoms with Crippen LogP contribution in [0, 0.1) is 0 Å². The van der Waals surface area contributed by atoms with E-state index in [4.69, 9.17) is 4.74 Å². The topological polar surface area (TPSA) is 75.7 Å². The molecule has 1 saturated heterocycles. The Morgan fingerprint density at radius 3 is 2.12 bits per heavy atom. The second kappa shape index (κ2) is 6.41. The molecule has 1 unspecified atom stereocenters. The minimum absolute atomic E-state index is 0.0136. The van der Waals surface area contributed by atoms with Crippen molar-refractivity contribution in [3.8, 4) is 0 Å². The molecule has 0 spiro atoms. The van der Waals surface area contributed by atoms with Gasteiger partial charge in [0.25, 0.3) is 5.91 Å². The average Bonchev–Trinajstić information content (AvgIpc) is 2.77. The van der Waals surface area contributed by atoms with E-state index in [1.807, 2.05) is 24.3 Å². The lowest BCUT2D eigenvalue weighted by Crippen LogP contribution is -2.54. The van der Waals surface area contributed by atoms with Crippen LogP contribution in [0.5, 0.6) is 0 Å². The Morgan fingerprint density at radius 2 is 1.65 bits per heavy atom. The van der Waals surface area contributed by atoms with Gasteiger partial charge in [0.15, 0.2) is 0 Å². The summed E-state index contributed by atoms with van der Waals surface area (Å²) < 4.78 is 5.03. The Kier molecular flexibility index (Phi) is 4.92. The molecule has 6 nitrogen and oxygen atoms in total. The summed E-state index contributed by atoms with van der Waals surface area (Å²) in [7, 11) is 0. The van der Waals surface area contributed by atoms with Gasteiger partial charge in [0.05, 0.1) is 6.61 Å². The van der Waals surface area contributed by atoms with Crippen LogP contribution in [0.25, 0.3) is 0 Å². The summed E-state index contributed by atoms with van der Waals surface area (Å²) in [5.74, 6) is -1.08. The quantitative estimate of drug-likeness (QED) is 0.661. The van der Waals surface area contributed by atoms with E-state index >= 15 is 0 Å². The Labute approximate surface area is 154 Å². The third-order valence-electron chi connectivity index (χ3n) is 4.85. The number of hydrogen-bond acceptors (Lipinski definition) is 4. The van der Waals surface area contributed by atoms with E-state index < -0.39 is 29.0 Å². The summed E-state index contributed by atoms with van der Waals surface area (Å²) in [6.45, 7) is 12.9. The van der Waals surface area contributed by atoms with Crippen molar-refractivity contribution in [2.45, 2.75) is 65.0 Å². The predicted octanol–water partition coefficient (Wildman–Crippen LogP) is 3.09. The zero-order chi connectivity index (χ0) is 19.9. The maximum absolute atomic E-state index is 13.1. The fraction of sp³-hybridized carbons (Fsp3) is 0.550. The summed E-state index contributed by atoms with van der Waals surface area (Å²) in [6, 6.07) is 7.01. The average molecular weight is 360 g/mol. The molecule has 0 aromatic heterocycles. The van der Waals surface area contributed by atoms with Crippen molar-refractivity contribution >= 4 is 17.9 Å². The third-order valence-corrected chi connectivity index (χ3v) is 4.85. The molecular formula is C20H28N2O4. The van der Waals surface area contributed by atoms with Gasteiger partial charge in [0, 0.05) is 0 Å². The number of carbonyl (C=O) groups excluding carboxylic acids is 3. The monoisotopic (exact) mass is 360 g/mol. The van der Waals surface area contributed by atoms with Gasteiger partial charge in [-0.05, 0) is 44.2 Å². The molecular weight excluding hydrogens is 332 g/mol. The van der Waals surface area contributed by atoms with Crippen LogP contribution in [0.4, 0.5) is 4.79 Å². The van der Waals surface area contributed by atoms with Crippen LogP contribution in [0.2, 0.25) is 0 Å². The van der Waals surface area contributed by atoms with E-state index in [-0.39, 0.29) is 12.0 Å². The summed E-state index contributed by atoms with van der Waals surface area (Å²) in [6.07, 6.45) is 0. The van der Waals surface area contributed by atoms with Crippen LogP contribution in [0.1, 0.15) is 59.6 Å². The minimum Gasteiger partial charge on any atom is -0.464 e. The number of nitrogens with one attached hydrogen (secondary N) is 1. The molecule has 1 N–H and O–H groups in total. The highest BCUT2D eigenvalue weighted by atomic mass is 16.5. The van der Waals surface area contributed by atoms with E-state index in [1.165, 1.54) is 13.8 Å². The van der Waals surface area contributed by atoms with Gasteiger partial charge in [-0.1, -0.05) is 45.0 Å². The number of carbonyl (C=O) groups is 3. The molecule has 1 fully saturated rings. The largest absolute Gasteiger partial charge is 0.464 e. The van der Waals surface area contributed by atoms with Crippen molar-refractivity contribution in [1.82, 2.24) is 10.2 Å². The second-order valence-electron chi connectivity index (χ2n) is 8.30. The maximum Gasteiger partial charge on any atom is 0.332 e. The molecule has 1 aromatic carbocycles.